The first-order chi connectivity index (χ1) is 8.30. The highest BCUT2D eigenvalue weighted by Crippen LogP contribution is 2.53. The summed E-state index contributed by atoms with van der Waals surface area (Å²) in [4.78, 5) is 12.9. The highest BCUT2D eigenvalue weighted by atomic mass is 16.5. The molecule has 2 saturated carbocycles. The van der Waals surface area contributed by atoms with Crippen LogP contribution in [0.1, 0.15) is 59.8 Å². The average molecular weight is 250 g/mol. The van der Waals surface area contributed by atoms with E-state index in [9.17, 15) is 4.79 Å². The Morgan fingerprint density at radius 2 is 1.56 bits per heavy atom. The number of hydrogen-bond acceptors (Lipinski definition) is 2. The third kappa shape index (κ3) is 2.24. The number of hydrogen-bond donors (Lipinski definition) is 0. The van der Waals surface area contributed by atoms with E-state index in [0.717, 1.165) is 6.42 Å². The van der Waals surface area contributed by atoms with Crippen molar-refractivity contribution in [1.29, 1.82) is 0 Å². The maximum absolute atomic E-state index is 12.9. The standard InChI is InChI=1S/C16H26O2/c1-15(2)9-12(16(3,4)18-15)14(17)13(10-5-6-10)11-7-8-11/h10-13H,5-9H2,1-4H3. The first kappa shape index (κ1) is 12.7. The van der Waals surface area contributed by atoms with Gasteiger partial charge >= 0.3 is 0 Å². The van der Waals surface area contributed by atoms with Crippen LogP contribution < -0.4 is 0 Å². The zero-order valence-corrected chi connectivity index (χ0v) is 12.2. The van der Waals surface area contributed by atoms with Crippen LogP contribution in [-0.2, 0) is 9.53 Å². The molecular weight excluding hydrogens is 224 g/mol. The van der Waals surface area contributed by atoms with Gasteiger partial charge in [-0.2, -0.15) is 0 Å². The van der Waals surface area contributed by atoms with Crippen LogP contribution in [0.2, 0.25) is 0 Å². The van der Waals surface area contributed by atoms with E-state index in [0.29, 0.717) is 23.5 Å². The lowest BCUT2D eigenvalue weighted by Crippen LogP contribution is -2.38. The second kappa shape index (κ2) is 3.82. The second-order valence-electron chi connectivity index (χ2n) is 7.82. The van der Waals surface area contributed by atoms with Crippen LogP contribution in [0.25, 0.3) is 0 Å². The topological polar surface area (TPSA) is 26.3 Å². The maximum atomic E-state index is 12.9. The Bertz CT molecular complexity index is 349. The normalized spacial score (nSPS) is 33.9. The van der Waals surface area contributed by atoms with Crippen molar-refractivity contribution < 1.29 is 9.53 Å². The van der Waals surface area contributed by atoms with E-state index in [1.807, 2.05) is 0 Å². The summed E-state index contributed by atoms with van der Waals surface area (Å²) in [6.45, 7) is 8.43. The van der Waals surface area contributed by atoms with Crippen LogP contribution in [-0.4, -0.2) is 17.0 Å². The van der Waals surface area contributed by atoms with Gasteiger partial charge in [0.15, 0.2) is 0 Å². The molecule has 3 rings (SSSR count). The summed E-state index contributed by atoms with van der Waals surface area (Å²) in [5.74, 6) is 2.43. The molecule has 0 aromatic carbocycles. The van der Waals surface area contributed by atoms with Crippen molar-refractivity contribution in [2.24, 2.45) is 23.7 Å². The van der Waals surface area contributed by atoms with E-state index >= 15 is 0 Å². The average Bonchev–Trinajstić information content (AvgIpc) is 3.05. The molecule has 0 spiro atoms. The van der Waals surface area contributed by atoms with Gasteiger partial charge in [-0.25, -0.2) is 0 Å². The van der Waals surface area contributed by atoms with E-state index in [1.54, 1.807) is 0 Å². The lowest BCUT2D eigenvalue weighted by atomic mass is 9.76. The number of ketones is 1. The van der Waals surface area contributed by atoms with E-state index in [4.69, 9.17) is 4.74 Å². The molecule has 0 bridgehead atoms. The Morgan fingerprint density at radius 1 is 1.06 bits per heavy atom. The summed E-state index contributed by atoms with van der Waals surface area (Å²) in [5.41, 5.74) is -0.413. The monoisotopic (exact) mass is 250 g/mol. The van der Waals surface area contributed by atoms with E-state index in [1.165, 1.54) is 25.7 Å². The lowest BCUT2D eigenvalue weighted by molar-refractivity contribution is -0.134. The predicted molar refractivity (Wildman–Crippen MR) is 71.3 cm³/mol. The van der Waals surface area contributed by atoms with Crippen molar-refractivity contribution in [3.8, 4) is 0 Å². The van der Waals surface area contributed by atoms with Crippen molar-refractivity contribution in [3.05, 3.63) is 0 Å². The third-order valence-corrected chi connectivity index (χ3v) is 5.01. The van der Waals surface area contributed by atoms with Crippen molar-refractivity contribution in [2.45, 2.75) is 71.0 Å². The number of rotatable bonds is 4. The largest absolute Gasteiger partial charge is 0.369 e. The number of carbonyl (C=O) groups excluding carboxylic acids is 1. The quantitative estimate of drug-likeness (QED) is 0.762. The zero-order chi connectivity index (χ0) is 13.1. The molecule has 2 aliphatic carbocycles. The summed E-state index contributed by atoms with van der Waals surface area (Å²) in [6.07, 6.45) is 6.03. The van der Waals surface area contributed by atoms with Crippen molar-refractivity contribution in [2.75, 3.05) is 0 Å². The van der Waals surface area contributed by atoms with Gasteiger partial charge in [-0.1, -0.05) is 0 Å². The van der Waals surface area contributed by atoms with E-state index in [2.05, 4.69) is 27.7 Å². The summed E-state index contributed by atoms with van der Waals surface area (Å²) in [5, 5.41) is 0. The Balaban J connectivity index is 1.78. The molecular formula is C16H26O2. The maximum Gasteiger partial charge on any atom is 0.142 e. The molecule has 1 heterocycles. The Kier molecular flexibility index (Phi) is 2.68. The van der Waals surface area contributed by atoms with Crippen LogP contribution in [0.15, 0.2) is 0 Å². The lowest BCUT2D eigenvalue weighted by Gasteiger charge is -2.29. The minimum atomic E-state index is -0.275. The minimum absolute atomic E-state index is 0.110. The Morgan fingerprint density at radius 3 is 1.89 bits per heavy atom. The van der Waals surface area contributed by atoms with Gasteiger partial charge in [-0.15, -0.1) is 0 Å². The molecule has 0 N–H and O–H groups in total. The Labute approximate surface area is 110 Å². The molecule has 3 aliphatic rings. The summed E-state index contributed by atoms with van der Waals surface area (Å²) in [7, 11) is 0. The SMILES string of the molecule is CC1(C)CC(C(=O)C(C2CC2)C2CC2)C(C)(C)O1. The number of ether oxygens (including phenoxy) is 1. The first-order valence-corrected chi connectivity index (χ1v) is 7.54. The molecule has 0 aromatic rings. The molecule has 0 amide bonds. The molecule has 3 fully saturated rings. The van der Waals surface area contributed by atoms with Gasteiger partial charge in [0.2, 0.25) is 0 Å². The third-order valence-electron chi connectivity index (χ3n) is 5.01. The van der Waals surface area contributed by atoms with Gasteiger partial charge in [-0.05, 0) is 71.6 Å². The van der Waals surface area contributed by atoms with Gasteiger partial charge in [0, 0.05) is 11.8 Å². The highest BCUT2D eigenvalue weighted by Gasteiger charge is 2.54. The molecule has 1 atom stereocenters. The van der Waals surface area contributed by atoms with Crippen LogP contribution in [0.4, 0.5) is 0 Å². The van der Waals surface area contributed by atoms with E-state index < -0.39 is 0 Å². The summed E-state index contributed by atoms with van der Waals surface area (Å²) in [6, 6.07) is 0. The molecule has 1 unspecified atom stereocenters. The van der Waals surface area contributed by atoms with Gasteiger partial charge in [0.1, 0.15) is 5.78 Å². The molecule has 1 saturated heterocycles. The zero-order valence-electron chi connectivity index (χ0n) is 12.2. The Hall–Kier alpha value is -0.370. The summed E-state index contributed by atoms with van der Waals surface area (Å²) >= 11 is 0. The number of carbonyl (C=O) groups is 1. The van der Waals surface area contributed by atoms with Crippen LogP contribution in [0, 0.1) is 23.7 Å². The molecule has 2 heteroatoms. The summed E-state index contributed by atoms with van der Waals surface area (Å²) < 4.78 is 6.10. The molecule has 0 radical (unpaired) electrons. The number of Topliss-reactive ketones (excluding diaryl/α,β-unsaturated/α-hetero) is 1. The van der Waals surface area contributed by atoms with Gasteiger partial charge in [0.05, 0.1) is 11.2 Å². The predicted octanol–water partition coefficient (Wildman–Crippen LogP) is 3.59. The molecule has 102 valence electrons. The van der Waals surface area contributed by atoms with Crippen LogP contribution >= 0.6 is 0 Å². The smallest absolute Gasteiger partial charge is 0.142 e. The molecule has 2 nitrogen and oxygen atoms in total. The molecule has 1 aliphatic heterocycles. The van der Waals surface area contributed by atoms with Gasteiger partial charge in [0.25, 0.3) is 0 Å². The fourth-order valence-electron chi connectivity index (χ4n) is 4.00. The first-order valence-electron chi connectivity index (χ1n) is 7.54. The highest BCUT2D eigenvalue weighted by molar-refractivity contribution is 5.86. The second-order valence-corrected chi connectivity index (χ2v) is 7.82. The van der Waals surface area contributed by atoms with Crippen molar-refractivity contribution >= 4 is 5.78 Å². The van der Waals surface area contributed by atoms with Crippen molar-refractivity contribution in [3.63, 3.8) is 0 Å². The van der Waals surface area contributed by atoms with Gasteiger partial charge in [-0.3, -0.25) is 4.79 Å². The van der Waals surface area contributed by atoms with Crippen molar-refractivity contribution in [1.82, 2.24) is 0 Å². The fourth-order valence-corrected chi connectivity index (χ4v) is 4.00. The van der Waals surface area contributed by atoms with Gasteiger partial charge < -0.3 is 4.74 Å². The van der Waals surface area contributed by atoms with E-state index in [-0.39, 0.29) is 17.1 Å². The molecule has 0 aromatic heterocycles. The molecule has 18 heavy (non-hydrogen) atoms. The minimum Gasteiger partial charge on any atom is -0.369 e. The van der Waals surface area contributed by atoms with Crippen LogP contribution in [0.3, 0.4) is 0 Å². The van der Waals surface area contributed by atoms with Crippen LogP contribution in [0.5, 0.6) is 0 Å². The fraction of sp³-hybridized carbons (Fsp3) is 0.938.